The van der Waals surface area contributed by atoms with Crippen LogP contribution in [0.5, 0.6) is 17.5 Å². The number of benzene rings is 2. The van der Waals surface area contributed by atoms with Gasteiger partial charge in [-0.1, -0.05) is 24.3 Å². The minimum absolute atomic E-state index is 0.0360. The van der Waals surface area contributed by atoms with Crippen LogP contribution >= 0.6 is 0 Å². The minimum atomic E-state index is -1.41. The number of rotatable bonds is 7. The maximum absolute atomic E-state index is 13.5. The molecule has 2 heterocycles. The highest BCUT2D eigenvalue weighted by Crippen LogP contribution is 2.45. The molecule has 0 spiro atoms. The molecule has 0 radical (unpaired) electrons. The standard InChI is InChI=1S/C23H20FN3O5/c1-3-30-27-21(20(23(2,14-28)32-27)15-8-10-16(24)11-9-15)17-12-13-25-22(26-17)31-19-7-5-4-6-18(19)29/h4-14,29H,3H2,1-2H3. The summed E-state index contributed by atoms with van der Waals surface area (Å²) in [5, 5.41) is 11.1. The number of aromatic hydroxyl groups is 1. The Balaban J connectivity index is 1.85. The van der Waals surface area contributed by atoms with Crippen LogP contribution in [0.1, 0.15) is 25.1 Å². The molecule has 0 saturated heterocycles. The summed E-state index contributed by atoms with van der Waals surface area (Å²) in [7, 11) is 0. The highest BCUT2D eigenvalue weighted by atomic mass is 19.1. The zero-order valence-corrected chi connectivity index (χ0v) is 17.4. The lowest BCUT2D eigenvalue weighted by Gasteiger charge is -2.22. The summed E-state index contributed by atoms with van der Waals surface area (Å²) >= 11 is 0. The van der Waals surface area contributed by atoms with Crippen molar-refractivity contribution in [2.24, 2.45) is 0 Å². The molecule has 1 N–H and O–H groups in total. The van der Waals surface area contributed by atoms with Gasteiger partial charge in [-0.2, -0.15) is 4.98 Å². The first-order chi connectivity index (χ1) is 15.4. The highest BCUT2D eigenvalue weighted by molar-refractivity contribution is 6.01. The number of aromatic nitrogens is 2. The summed E-state index contributed by atoms with van der Waals surface area (Å²) in [6.07, 6.45) is 2.11. The average molecular weight is 437 g/mol. The predicted octanol–water partition coefficient (Wildman–Crippen LogP) is 4.14. The van der Waals surface area contributed by atoms with Crippen LogP contribution in [0.2, 0.25) is 0 Å². The normalized spacial score (nSPS) is 18.2. The molecule has 1 unspecified atom stereocenters. The number of hydroxylamine groups is 2. The van der Waals surface area contributed by atoms with Crippen molar-refractivity contribution in [2.45, 2.75) is 19.4 Å². The van der Waals surface area contributed by atoms with Gasteiger partial charge in [0.25, 0.3) is 0 Å². The second-order valence-electron chi connectivity index (χ2n) is 7.02. The van der Waals surface area contributed by atoms with Gasteiger partial charge in [0.15, 0.2) is 23.4 Å². The largest absolute Gasteiger partial charge is 0.504 e. The maximum Gasteiger partial charge on any atom is 0.322 e. The van der Waals surface area contributed by atoms with Crippen molar-refractivity contribution >= 4 is 17.6 Å². The van der Waals surface area contributed by atoms with E-state index < -0.39 is 11.4 Å². The predicted molar refractivity (Wildman–Crippen MR) is 112 cm³/mol. The van der Waals surface area contributed by atoms with Gasteiger partial charge in [0.1, 0.15) is 11.5 Å². The fourth-order valence-corrected chi connectivity index (χ4v) is 3.30. The van der Waals surface area contributed by atoms with Gasteiger partial charge in [-0.15, -0.1) is 5.23 Å². The van der Waals surface area contributed by atoms with Crippen molar-refractivity contribution < 1.29 is 28.7 Å². The lowest BCUT2D eigenvalue weighted by Crippen LogP contribution is -2.32. The average Bonchev–Trinajstić information content (AvgIpc) is 3.09. The van der Waals surface area contributed by atoms with Crippen molar-refractivity contribution in [2.75, 3.05) is 6.61 Å². The molecule has 0 saturated carbocycles. The van der Waals surface area contributed by atoms with Crippen molar-refractivity contribution in [3.8, 4) is 17.5 Å². The van der Waals surface area contributed by atoms with E-state index in [0.717, 1.165) is 5.23 Å². The molecule has 4 rings (SSSR count). The molecule has 0 bridgehead atoms. The Hall–Kier alpha value is -3.82. The third-order valence-corrected chi connectivity index (χ3v) is 4.74. The van der Waals surface area contributed by atoms with Crippen LogP contribution in [0, 0.1) is 5.82 Å². The second kappa shape index (κ2) is 8.74. The quantitative estimate of drug-likeness (QED) is 0.552. The number of hydrogen-bond acceptors (Lipinski definition) is 8. The first-order valence-corrected chi connectivity index (χ1v) is 9.83. The number of hydrogen-bond donors (Lipinski definition) is 1. The van der Waals surface area contributed by atoms with E-state index in [1.807, 2.05) is 0 Å². The summed E-state index contributed by atoms with van der Waals surface area (Å²) < 4.78 is 19.2. The third-order valence-electron chi connectivity index (χ3n) is 4.74. The van der Waals surface area contributed by atoms with Crippen LogP contribution in [-0.4, -0.2) is 38.8 Å². The van der Waals surface area contributed by atoms with Crippen molar-refractivity contribution in [3.05, 3.63) is 77.9 Å². The molecule has 1 aliphatic rings. The van der Waals surface area contributed by atoms with Crippen molar-refractivity contribution in [1.29, 1.82) is 0 Å². The SMILES string of the molecule is CCON1OC(C)(C=O)C(c2ccc(F)cc2)=C1c1ccnc(Oc2ccccc2O)n1. The van der Waals surface area contributed by atoms with Gasteiger partial charge in [-0.25, -0.2) is 19.0 Å². The molecule has 0 aliphatic carbocycles. The zero-order chi connectivity index (χ0) is 22.7. The highest BCUT2D eigenvalue weighted by Gasteiger charge is 2.46. The van der Waals surface area contributed by atoms with E-state index >= 15 is 0 Å². The van der Waals surface area contributed by atoms with Gasteiger partial charge in [0.2, 0.25) is 0 Å². The Morgan fingerprint density at radius 1 is 1.19 bits per heavy atom. The maximum atomic E-state index is 13.5. The second-order valence-corrected chi connectivity index (χ2v) is 7.02. The van der Waals surface area contributed by atoms with E-state index in [9.17, 15) is 14.3 Å². The minimum Gasteiger partial charge on any atom is -0.504 e. The number of phenolic OH excluding ortho intramolecular Hbond substituents is 1. The number of para-hydroxylation sites is 2. The van der Waals surface area contributed by atoms with E-state index in [-0.39, 0.29) is 24.1 Å². The Labute approximate surface area is 183 Å². The smallest absolute Gasteiger partial charge is 0.322 e. The van der Waals surface area contributed by atoms with Crippen molar-refractivity contribution in [3.63, 3.8) is 0 Å². The molecule has 0 fully saturated rings. The van der Waals surface area contributed by atoms with E-state index in [4.69, 9.17) is 14.4 Å². The number of phenols is 1. The molecule has 3 aromatic rings. The number of halogens is 1. The van der Waals surface area contributed by atoms with Gasteiger partial charge in [-0.05, 0) is 49.7 Å². The lowest BCUT2D eigenvalue weighted by atomic mass is 9.89. The summed E-state index contributed by atoms with van der Waals surface area (Å²) in [4.78, 5) is 32.0. The molecule has 1 aliphatic heterocycles. The summed E-state index contributed by atoms with van der Waals surface area (Å²) in [5.41, 5.74) is 0.265. The van der Waals surface area contributed by atoms with Gasteiger partial charge < -0.3 is 9.84 Å². The van der Waals surface area contributed by atoms with Crippen LogP contribution < -0.4 is 4.74 Å². The van der Waals surface area contributed by atoms with Crippen molar-refractivity contribution in [1.82, 2.24) is 15.2 Å². The van der Waals surface area contributed by atoms with Gasteiger partial charge in [0, 0.05) is 11.8 Å². The number of ether oxygens (including phenoxy) is 1. The molecule has 1 aromatic heterocycles. The van der Waals surface area contributed by atoms with Crippen LogP contribution in [0.4, 0.5) is 4.39 Å². The molecule has 32 heavy (non-hydrogen) atoms. The monoisotopic (exact) mass is 437 g/mol. The molecular formula is C23H20FN3O5. The van der Waals surface area contributed by atoms with E-state index in [1.54, 1.807) is 50.2 Å². The number of carbonyl (C=O) groups is 1. The van der Waals surface area contributed by atoms with E-state index in [2.05, 4.69) is 9.97 Å². The van der Waals surface area contributed by atoms with Crippen LogP contribution in [0.15, 0.2) is 60.8 Å². The van der Waals surface area contributed by atoms with Gasteiger partial charge >= 0.3 is 6.01 Å². The Bertz CT molecular complexity index is 1170. The lowest BCUT2D eigenvalue weighted by molar-refractivity contribution is -0.336. The molecule has 8 nitrogen and oxygen atoms in total. The fraction of sp³-hybridized carbons (Fsp3) is 0.174. The van der Waals surface area contributed by atoms with Gasteiger partial charge in [-0.3, -0.25) is 4.79 Å². The van der Waals surface area contributed by atoms with Crippen LogP contribution in [-0.2, 0) is 14.5 Å². The molecule has 2 aromatic carbocycles. The summed E-state index contributed by atoms with van der Waals surface area (Å²) in [5.74, 6) is -0.300. The summed E-state index contributed by atoms with van der Waals surface area (Å²) in [6.45, 7) is 3.60. The number of carbonyl (C=O) groups excluding carboxylic acids is 1. The molecule has 0 amide bonds. The first-order valence-electron chi connectivity index (χ1n) is 9.83. The first kappa shape index (κ1) is 21.4. The Kier molecular flexibility index (Phi) is 5.85. The molecule has 9 heteroatoms. The number of nitrogens with zero attached hydrogens (tertiary/aromatic N) is 3. The molecular weight excluding hydrogens is 417 g/mol. The Morgan fingerprint density at radius 3 is 2.62 bits per heavy atom. The zero-order valence-electron chi connectivity index (χ0n) is 17.4. The third kappa shape index (κ3) is 4.03. The van der Waals surface area contributed by atoms with Crippen LogP contribution in [0.25, 0.3) is 11.3 Å². The molecule has 1 atom stereocenters. The number of aldehydes is 1. The van der Waals surface area contributed by atoms with E-state index in [0.29, 0.717) is 28.8 Å². The van der Waals surface area contributed by atoms with E-state index in [1.165, 1.54) is 24.4 Å². The topological polar surface area (TPSA) is 94.0 Å². The summed E-state index contributed by atoms with van der Waals surface area (Å²) in [6, 6.07) is 13.7. The van der Waals surface area contributed by atoms with Crippen LogP contribution in [0.3, 0.4) is 0 Å². The fourth-order valence-electron chi connectivity index (χ4n) is 3.30. The molecule has 164 valence electrons. The Morgan fingerprint density at radius 2 is 1.94 bits per heavy atom. The van der Waals surface area contributed by atoms with Gasteiger partial charge in [0.05, 0.1) is 12.3 Å².